The summed E-state index contributed by atoms with van der Waals surface area (Å²) in [7, 11) is 0. The highest BCUT2D eigenvalue weighted by Crippen LogP contribution is 2.13. The molecule has 27 heavy (non-hydrogen) atoms. The predicted octanol–water partition coefficient (Wildman–Crippen LogP) is 3.14. The van der Waals surface area contributed by atoms with Gasteiger partial charge in [0.2, 0.25) is 0 Å². The van der Waals surface area contributed by atoms with Crippen LogP contribution in [0.25, 0.3) is 11.2 Å². The smallest absolute Gasteiger partial charge is 0.281 e. The van der Waals surface area contributed by atoms with Crippen molar-refractivity contribution in [2.75, 3.05) is 0 Å². The van der Waals surface area contributed by atoms with E-state index in [0.29, 0.717) is 25.0 Å². The van der Waals surface area contributed by atoms with Crippen molar-refractivity contribution in [1.82, 2.24) is 19.1 Å². The third-order valence-electron chi connectivity index (χ3n) is 4.11. The molecule has 0 unspecified atom stereocenters. The molecular weight excluding hydrogens is 340 g/mol. The number of carbonyl (C=O) groups excluding carboxylic acids is 1. The number of imidazole rings is 1. The van der Waals surface area contributed by atoms with Gasteiger partial charge in [0.05, 0.1) is 13.1 Å². The third-order valence-corrected chi connectivity index (χ3v) is 4.11. The van der Waals surface area contributed by atoms with Crippen molar-refractivity contribution in [3.63, 3.8) is 0 Å². The van der Waals surface area contributed by atoms with Crippen LogP contribution in [0, 0.1) is 0 Å². The van der Waals surface area contributed by atoms with Crippen molar-refractivity contribution in [3.05, 3.63) is 94.9 Å². The lowest BCUT2D eigenvalue weighted by Crippen LogP contribution is -2.21. The maximum absolute atomic E-state index is 12.8. The highest BCUT2D eigenvalue weighted by molar-refractivity contribution is 5.80. The fourth-order valence-corrected chi connectivity index (χ4v) is 2.90. The summed E-state index contributed by atoms with van der Waals surface area (Å²) in [4.78, 5) is 33.0. The molecule has 0 radical (unpaired) electrons. The predicted molar refractivity (Wildman–Crippen MR) is 106 cm³/mol. The van der Waals surface area contributed by atoms with Crippen LogP contribution in [0.5, 0.6) is 0 Å². The van der Waals surface area contributed by atoms with E-state index in [0.717, 1.165) is 11.1 Å². The van der Waals surface area contributed by atoms with E-state index in [1.807, 2.05) is 55.5 Å². The molecule has 6 nitrogen and oxygen atoms in total. The molecule has 0 saturated heterocycles. The Kier molecular flexibility index (Phi) is 5.56. The largest absolute Gasteiger partial charge is 0.302 e. The molecule has 3 rings (SSSR count). The number of fused-ring (bicyclic) bond motifs is 1. The summed E-state index contributed by atoms with van der Waals surface area (Å²) in [6, 6.07) is 9.64. The van der Waals surface area contributed by atoms with Gasteiger partial charge in [-0.05, 0) is 18.1 Å². The molecule has 0 amide bonds. The van der Waals surface area contributed by atoms with Crippen molar-refractivity contribution >= 4 is 17.5 Å². The minimum Gasteiger partial charge on any atom is -0.302 e. The Labute approximate surface area is 156 Å². The lowest BCUT2D eigenvalue weighted by Gasteiger charge is -2.08. The Balaban J connectivity index is 2.07. The van der Waals surface area contributed by atoms with Gasteiger partial charge in [-0.2, -0.15) is 0 Å². The molecule has 0 bridgehead atoms. The van der Waals surface area contributed by atoms with Gasteiger partial charge in [0.25, 0.3) is 5.56 Å². The first-order valence-electron chi connectivity index (χ1n) is 8.57. The van der Waals surface area contributed by atoms with E-state index in [1.165, 1.54) is 10.9 Å². The molecule has 0 saturated carbocycles. The van der Waals surface area contributed by atoms with Crippen molar-refractivity contribution in [1.29, 1.82) is 0 Å². The number of aromatic nitrogens is 4. The van der Waals surface area contributed by atoms with Crippen LogP contribution < -0.4 is 5.56 Å². The SMILES string of the molecule is C=C/C=C(\C=C/C)Cn1c(C=O)nc2c(=O)n(Cc3ccccc3)cnc21. The number of aldehydes is 1. The number of benzene rings is 1. The summed E-state index contributed by atoms with van der Waals surface area (Å²) in [5.74, 6) is 0.173. The standard InChI is InChI=1S/C21H20N4O2/c1-3-8-16(9-4-2)13-25-18(14-26)23-19-20(25)22-15-24(21(19)27)12-17-10-6-5-7-11-17/h3-11,14-15H,1,12-13H2,2H3/b9-4-,16-8+. The van der Waals surface area contributed by atoms with Gasteiger partial charge in [-0.1, -0.05) is 61.2 Å². The number of hydrogen-bond acceptors (Lipinski definition) is 4. The Morgan fingerprint density at radius 1 is 1.26 bits per heavy atom. The highest BCUT2D eigenvalue weighted by atomic mass is 16.1. The molecule has 0 atom stereocenters. The fourth-order valence-electron chi connectivity index (χ4n) is 2.90. The van der Waals surface area contributed by atoms with Gasteiger partial charge in [0.15, 0.2) is 23.3 Å². The molecule has 0 N–H and O–H groups in total. The van der Waals surface area contributed by atoms with Gasteiger partial charge in [0.1, 0.15) is 6.33 Å². The molecule has 0 aliphatic carbocycles. The van der Waals surface area contributed by atoms with Crippen molar-refractivity contribution in [3.8, 4) is 0 Å². The number of rotatable bonds is 7. The average molecular weight is 360 g/mol. The quantitative estimate of drug-likeness (QED) is 0.479. The maximum Gasteiger partial charge on any atom is 0.281 e. The molecule has 136 valence electrons. The fraction of sp³-hybridized carbons (Fsp3) is 0.143. The maximum atomic E-state index is 12.8. The summed E-state index contributed by atoms with van der Waals surface area (Å²) in [5, 5.41) is 0. The Bertz CT molecular complexity index is 1090. The summed E-state index contributed by atoms with van der Waals surface area (Å²) < 4.78 is 3.14. The highest BCUT2D eigenvalue weighted by Gasteiger charge is 2.16. The van der Waals surface area contributed by atoms with Crippen molar-refractivity contribution in [2.45, 2.75) is 20.0 Å². The first-order chi connectivity index (χ1) is 13.2. The second kappa shape index (κ2) is 8.23. The molecule has 1 aromatic carbocycles. The van der Waals surface area contributed by atoms with Gasteiger partial charge < -0.3 is 4.57 Å². The molecule has 6 heteroatoms. The lowest BCUT2D eigenvalue weighted by molar-refractivity contribution is 0.111. The monoisotopic (exact) mass is 360 g/mol. The van der Waals surface area contributed by atoms with Gasteiger partial charge in [-0.25, -0.2) is 9.97 Å². The van der Waals surface area contributed by atoms with Crippen LogP contribution in [0.2, 0.25) is 0 Å². The third kappa shape index (κ3) is 3.84. The van der Waals surface area contributed by atoms with Crippen molar-refractivity contribution in [2.24, 2.45) is 0 Å². The van der Waals surface area contributed by atoms with Crippen LogP contribution in [0.4, 0.5) is 0 Å². The summed E-state index contributed by atoms with van der Waals surface area (Å²) >= 11 is 0. The second-order valence-corrected chi connectivity index (χ2v) is 5.99. The lowest BCUT2D eigenvalue weighted by atomic mass is 10.2. The Morgan fingerprint density at radius 3 is 2.70 bits per heavy atom. The Hall–Kier alpha value is -3.54. The molecule has 0 aliphatic heterocycles. The summed E-state index contributed by atoms with van der Waals surface area (Å²) in [5.41, 5.74) is 2.22. The summed E-state index contributed by atoms with van der Waals surface area (Å²) in [6.45, 7) is 6.38. The minimum atomic E-state index is -0.272. The molecule has 2 aromatic heterocycles. The zero-order valence-corrected chi connectivity index (χ0v) is 15.1. The molecular formula is C21H20N4O2. The topological polar surface area (TPSA) is 69.8 Å². The van der Waals surface area contributed by atoms with Crippen LogP contribution in [0.3, 0.4) is 0 Å². The normalized spacial score (nSPS) is 12.0. The molecule has 3 aromatic rings. The van der Waals surface area contributed by atoms with E-state index in [9.17, 15) is 9.59 Å². The van der Waals surface area contributed by atoms with E-state index < -0.39 is 0 Å². The molecule has 0 spiro atoms. The number of allylic oxidation sites excluding steroid dienone is 5. The van der Waals surface area contributed by atoms with E-state index in [-0.39, 0.29) is 16.9 Å². The number of nitrogens with zero attached hydrogens (tertiary/aromatic N) is 4. The molecule has 2 heterocycles. The van der Waals surface area contributed by atoms with Crippen molar-refractivity contribution < 1.29 is 4.79 Å². The van der Waals surface area contributed by atoms with Gasteiger partial charge >= 0.3 is 0 Å². The minimum absolute atomic E-state index is 0.173. The zero-order chi connectivity index (χ0) is 19.2. The van der Waals surface area contributed by atoms with Crippen LogP contribution in [0.15, 0.2) is 77.9 Å². The van der Waals surface area contributed by atoms with Crippen LogP contribution in [-0.2, 0) is 13.1 Å². The first-order valence-corrected chi connectivity index (χ1v) is 8.57. The second-order valence-electron chi connectivity index (χ2n) is 5.99. The van der Waals surface area contributed by atoms with Crippen LogP contribution >= 0.6 is 0 Å². The van der Waals surface area contributed by atoms with Crippen LogP contribution in [-0.4, -0.2) is 25.4 Å². The number of carbonyl (C=O) groups is 1. The van der Waals surface area contributed by atoms with E-state index in [4.69, 9.17) is 0 Å². The molecule has 0 fully saturated rings. The summed E-state index contributed by atoms with van der Waals surface area (Å²) in [6.07, 6.45) is 9.47. The van der Waals surface area contributed by atoms with E-state index >= 15 is 0 Å². The molecule has 0 aliphatic rings. The average Bonchev–Trinajstić information content (AvgIpc) is 3.04. The first kappa shape index (κ1) is 18.3. The van der Waals surface area contributed by atoms with E-state index in [1.54, 1.807) is 10.6 Å². The van der Waals surface area contributed by atoms with Gasteiger partial charge in [-0.15, -0.1) is 0 Å². The van der Waals surface area contributed by atoms with Crippen LogP contribution in [0.1, 0.15) is 23.1 Å². The Morgan fingerprint density at radius 2 is 2.04 bits per heavy atom. The zero-order valence-electron chi connectivity index (χ0n) is 15.1. The van der Waals surface area contributed by atoms with Gasteiger partial charge in [0, 0.05) is 0 Å². The van der Waals surface area contributed by atoms with Gasteiger partial charge in [-0.3, -0.25) is 14.2 Å². The number of hydrogen-bond donors (Lipinski definition) is 0. The van der Waals surface area contributed by atoms with E-state index in [2.05, 4.69) is 16.5 Å².